The Labute approximate surface area is 228 Å². The molecule has 5 rings (SSSR count). The number of amides is 2. The van der Waals surface area contributed by atoms with Gasteiger partial charge in [0.1, 0.15) is 28.9 Å². The molecule has 1 fully saturated rings. The van der Waals surface area contributed by atoms with Gasteiger partial charge in [0.2, 0.25) is 5.91 Å². The van der Waals surface area contributed by atoms with E-state index in [1.165, 1.54) is 40.9 Å². The second kappa shape index (κ2) is 10.9. The van der Waals surface area contributed by atoms with E-state index in [0.29, 0.717) is 5.56 Å². The minimum atomic E-state index is -1.04. The second-order valence-electron chi connectivity index (χ2n) is 8.83. The molecule has 0 bridgehead atoms. The number of β-lactam (4-membered cyclic amide) rings is 1. The van der Waals surface area contributed by atoms with Gasteiger partial charge in [0.15, 0.2) is 6.10 Å². The van der Waals surface area contributed by atoms with Crippen molar-refractivity contribution in [3.8, 4) is 5.75 Å². The molecular formula is C28H24ClN3O5S. The average Bonchev–Trinajstić information content (AvgIpc) is 2.95. The van der Waals surface area contributed by atoms with Gasteiger partial charge in [-0.1, -0.05) is 84.4 Å². The van der Waals surface area contributed by atoms with Gasteiger partial charge in [0.05, 0.1) is 5.03 Å². The van der Waals surface area contributed by atoms with Crippen LogP contribution in [0.5, 0.6) is 5.75 Å². The van der Waals surface area contributed by atoms with Crippen LogP contribution in [0.1, 0.15) is 28.8 Å². The van der Waals surface area contributed by atoms with Crippen LogP contribution >= 0.6 is 23.4 Å². The van der Waals surface area contributed by atoms with Crippen molar-refractivity contribution in [2.75, 3.05) is 5.75 Å². The summed E-state index contributed by atoms with van der Waals surface area (Å²) in [5.41, 5.74) is 8.07. The van der Waals surface area contributed by atoms with Crippen LogP contribution in [0.4, 0.5) is 0 Å². The van der Waals surface area contributed by atoms with E-state index < -0.39 is 41.3 Å². The molecule has 0 aromatic heterocycles. The molecule has 0 saturated carbocycles. The van der Waals surface area contributed by atoms with E-state index in [0.717, 1.165) is 11.1 Å². The fourth-order valence-electron chi connectivity index (χ4n) is 4.40. The third-order valence-electron chi connectivity index (χ3n) is 6.38. The van der Waals surface area contributed by atoms with Gasteiger partial charge in [0.25, 0.3) is 5.91 Å². The number of rotatable bonds is 7. The molecule has 0 radical (unpaired) electrons. The van der Waals surface area contributed by atoms with Gasteiger partial charge in [0, 0.05) is 5.75 Å². The highest BCUT2D eigenvalue weighted by atomic mass is 35.5. The van der Waals surface area contributed by atoms with Crippen molar-refractivity contribution in [3.05, 3.63) is 112 Å². The summed E-state index contributed by atoms with van der Waals surface area (Å²) in [6, 6.07) is 22.6. The maximum absolute atomic E-state index is 13.5. The summed E-state index contributed by atoms with van der Waals surface area (Å²) in [6.07, 6.45) is -0.704. The van der Waals surface area contributed by atoms with E-state index in [4.69, 9.17) is 22.1 Å². The third-order valence-corrected chi connectivity index (χ3v) is 8.13. The molecule has 3 aromatic carbocycles. The maximum Gasteiger partial charge on any atom is 0.357 e. The molecule has 2 aliphatic heterocycles. The van der Waals surface area contributed by atoms with E-state index in [1.807, 2.05) is 60.7 Å². The summed E-state index contributed by atoms with van der Waals surface area (Å²) < 4.78 is 5.94. The molecule has 194 valence electrons. The molecule has 2 aliphatic rings. The van der Waals surface area contributed by atoms with E-state index in [-0.39, 0.29) is 22.2 Å². The lowest BCUT2D eigenvalue weighted by molar-refractivity contribution is -0.154. The summed E-state index contributed by atoms with van der Waals surface area (Å²) in [4.78, 5) is 40.7. The standard InChI is InChI=1S/C28H24ClN3O5S/c29-20-15-38-27-22(31-25(34)21(30)16-11-13-19(33)14-12-16)26(35)32(27)23(20)28(36)37-24(17-7-3-1-4-8-17)18-9-5-2-6-10-18/h1-14,21-22,24,27,33H,15,30H2,(H,31,34)/t21?,22?,27-/m1/s1. The van der Waals surface area contributed by atoms with Crippen molar-refractivity contribution in [3.63, 3.8) is 0 Å². The molecule has 8 nitrogen and oxygen atoms in total. The molecule has 38 heavy (non-hydrogen) atoms. The van der Waals surface area contributed by atoms with E-state index in [2.05, 4.69) is 5.32 Å². The van der Waals surface area contributed by atoms with Crippen molar-refractivity contribution in [1.29, 1.82) is 0 Å². The molecule has 2 heterocycles. The van der Waals surface area contributed by atoms with Gasteiger partial charge in [-0.05, 0) is 28.8 Å². The van der Waals surface area contributed by atoms with Crippen LogP contribution in [0.3, 0.4) is 0 Å². The van der Waals surface area contributed by atoms with Crippen LogP contribution in [0, 0.1) is 0 Å². The van der Waals surface area contributed by atoms with Crippen LogP contribution < -0.4 is 11.1 Å². The van der Waals surface area contributed by atoms with Gasteiger partial charge in [-0.25, -0.2) is 4.79 Å². The third kappa shape index (κ3) is 5.00. The van der Waals surface area contributed by atoms with Crippen LogP contribution in [-0.4, -0.2) is 45.0 Å². The molecule has 3 aromatic rings. The minimum absolute atomic E-state index is 0.0226. The molecular weight excluding hydrogens is 526 g/mol. The Balaban J connectivity index is 1.32. The highest BCUT2D eigenvalue weighted by Gasteiger charge is 2.54. The number of phenols is 1. The summed E-state index contributed by atoms with van der Waals surface area (Å²) >= 11 is 7.78. The minimum Gasteiger partial charge on any atom is -0.508 e. The SMILES string of the molecule is NC(C(=O)NC1C(=O)N2C(C(=O)OC(c3ccccc3)c3ccccc3)=C(Cl)CS[C@H]12)c1ccc(O)cc1. The van der Waals surface area contributed by atoms with Crippen molar-refractivity contribution in [2.45, 2.75) is 23.6 Å². The van der Waals surface area contributed by atoms with E-state index in [1.54, 1.807) is 0 Å². The normalized spacial score (nSPS) is 19.4. The first-order chi connectivity index (χ1) is 18.3. The Kier molecular flexibility index (Phi) is 7.42. The van der Waals surface area contributed by atoms with Crippen LogP contribution in [0.15, 0.2) is 95.7 Å². The van der Waals surface area contributed by atoms with Gasteiger partial charge in [-0.15, -0.1) is 11.8 Å². The number of esters is 1. The number of nitrogens with two attached hydrogens (primary N) is 1. The molecule has 10 heteroatoms. The molecule has 0 spiro atoms. The first-order valence-electron chi connectivity index (χ1n) is 11.8. The summed E-state index contributed by atoms with van der Waals surface area (Å²) in [5, 5.41) is 11.8. The predicted molar refractivity (Wildman–Crippen MR) is 144 cm³/mol. The molecule has 2 amide bonds. The Morgan fingerprint density at radius 2 is 1.55 bits per heavy atom. The number of hydrogen-bond acceptors (Lipinski definition) is 7. The number of benzene rings is 3. The number of thioether (sulfide) groups is 1. The number of carbonyl (C=O) groups is 3. The molecule has 2 unspecified atom stereocenters. The summed E-state index contributed by atoms with van der Waals surface area (Å²) in [5.74, 6) is -1.42. The zero-order valence-electron chi connectivity index (χ0n) is 20.0. The zero-order valence-corrected chi connectivity index (χ0v) is 21.6. The highest BCUT2D eigenvalue weighted by molar-refractivity contribution is 8.00. The number of hydrogen-bond donors (Lipinski definition) is 3. The highest BCUT2D eigenvalue weighted by Crippen LogP contribution is 2.42. The molecule has 1 saturated heterocycles. The number of nitrogens with zero attached hydrogens (tertiary/aromatic N) is 1. The second-order valence-corrected chi connectivity index (χ2v) is 10.4. The molecule has 4 N–H and O–H groups in total. The topological polar surface area (TPSA) is 122 Å². The average molecular weight is 550 g/mol. The zero-order chi connectivity index (χ0) is 26.8. The van der Waals surface area contributed by atoms with Crippen molar-refractivity contribution in [1.82, 2.24) is 10.2 Å². The van der Waals surface area contributed by atoms with Gasteiger partial charge in [-0.3, -0.25) is 14.5 Å². The lowest BCUT2D eigenvalue weighted by Gasteiger charge is -2.49. The Hall–Kier alpha value is -3.79. The largest absolute Gasteiger partial charge is 0.508 e. The van der Waals surface area contributed by atoms with Gasteiger partial charge >= 0.3 is 5.97 Å². The number of fused-ring (bicyclic) bond motifs is 1. The molecule has 0 aliphatic carbocycles. The number of nitrogens with one attached hydrogen (secondary N) is 1. The number of aromatic hydroxyl groups is 1. The van der Waals surface area contributed by atoms with Crippen molar-refractivity contribution >= 4 is 41.1 Å². The van der Waals surface area contributed by atoms with Gasteiger partial charge in [-0.2, -0.15) is 0 Å². The Morgan fingerprint density at radius 3 is 2.13 bits per heavy atom. The van der Waals surface area contributed by atoms with Crippen molar-refractivity contribution < 1.29 is 24.2 Å². The lowest BCUT2D eigenvalue weighted by Crippen LogP contribution is -2.71. The van der Waals surface area contributed by atoms with Crippen LogP contribution in [-0.2, 0) is 19.1 Å². The Morgan fingerprint density at radius 1 is 0.974 bits per heavy atom. The number of halogens is 1. The fraction of sp³-hybridized carbons (Fsp3) is 0.179. The van der Waals surface area contributed by atoms with Crippen LogP contribution in [0.2, 0.25) is 0 Å². The fourth-order valence-corrected chi connectivity index (χ4v) is 5.94. The van der Waals surface area contributed by atoms with E-state index in [9.17, 15) is 19.5 Å². The Bertz CT molecular complexity index is 1350. The summed E-state index contributed by atoms with van der Waals surface area (Å²) in [6.45, 7) is 0. The number of phenolic OH excluding ortho intramolecular Hbond substituents is 1. The predicted octanol–water partition coefficient (Wildman–Crippen LogP) is 3.58. The van der Waals surface area contributed by atoms with E-state index >= 15 is 0 Å². The first-order valence-corrected chi connectivity index (χ1v) is 13.3. The lowest BCUT2D eigenvalue weighted by atomic mass is 10.0. The van der Waals surface area contributed by atoms with Crippen LogP contribution in [0.25, 0.3) is 0 Å². The molecule has 3 atom stereocenters. The quantitative estimate of drug-likeness (QED) is 0.304. The van der Waals surface area contributed by atoms with Gasteiger partial charge < -0.3 is 20.9 Å². The smallest absolute Gasteiger partial charge is 0.357 e. The van der Waals surface area contributed by atoms with Crippen molar-refractivity contribution in [2.24, 2.45) is 5.73 Å². The monoisotopic (exact) mass is 549 g/mol. The first kappa shape index (κ1) is 25.8. The summed E-state index contributed by atoms with van der Waals surface area (Å²) in [7, 11) is 0. The number of ether oxygens (including phenoxy) is 1. The number of carbonyl (C=O) groups excluding carboxylic acids is 3. The maximum atomic E-state index is 13.5.